The average Bonchev–Trinajstić information content (AvgIpc) is 3.20. The van der Waals surface area contributed by atoms with E-state index >= 15 is 0 Å². The molecule has 0 spiro atoms. The van der Waals surface area contributed by atoms with Crippen LogP contribution in [-0.4, -0.2) is 25.2 Å². The van der Waals surface area contributed by atoms with Crippen LogP contribution in [0.3, 0.4) is 0 Å². The molecule has 3 aromatic carbocycles. The van der Waals surface area contributed by atoms with Crippen LogP contribution in [-0.2, 0) is 9.47 Å². The molecule has 1 fully saturated rings. The Morgan fingerprint density at radius 1 is 0.679 bits per heavy atom. The van der Waals surface area contributed by atoms with E-state index in [1.54, 1.807) is 0 Å². The van der Waals surface area contributed by atoms with Crippen molar-refractivity contribution in [2.45, 2.75) is 25.6 Å². The van der Waals surface area contributed by atoms with Gasteiger partial charge in [0, 0.05) is 0 Å². The van der Waals surface area contributed by atoms with Crippen LogP contribution >= 0.6 is 7.26 Å². The maximum atomic E-state index is 5.87. The summed E-state index contributed by atoms with van der Waals surface area (Å²) >= 11 is 0. The molecule has 0 N–H and O–H groups in total. The van der Waals surface area contributed by atoms with Crippen molar-refractivity contribution in [1.82, 2.24) is 0 Å². The first-order chi connectivity index (χ1) is 13.7. The molecule has 1 aliphatic heterocycles. The van der Waals surface area contributed by atoms with Crippen LogP contribution in [0.2, 0.25) is 0 Å². The molecule has 0 unspecified atom stereocenters. The van der Waals surface area contributed by atoms with E-state index in [2.05, 4.69) is 97.9 Å². The van der Waals surface area contributed by atoms with Crippen molar-refractivity contribution in [2.24, 2.45) is 0 Å². The van der Waals surface area contributed by atoms with Gasteiger partial charge in [-0.3, -0.25) is 0 Å². The van der Waals surface area contributed by atoms with E-state index in [0.717, 1.165) is 19.0 Å². The summed E-state index contributed by atoms with van der Waals surface area (Å²) in [6.07, 6.45) is 3.13. The first-order valence-electron chi connectivity index (χ1n) is 10.2. The molecule has 1 saturated heterocycles. The van der Waals surface area contributed by atoms with Gasteiger partial charge in [0.15, 0.2) is 0 Å². The van der Waals surface area contributed by atoms with Gasteiger partial charge in [-0.1, -0.05) is 0 Å². The zero-order chi connectivity index (χ0) is 19.3. The van der Waals surface area contributed by atoms with E-state index in [-0.39, 0.29) is 0 Å². The molecule has 3 heteroatoms. The van der Waals surface area contributed by atoms with Crippen molar-refractivity contribution in [3.05, 3.63) is 91.0 Å². The SMILES string of the molecule is CC1(CCC[PH](c2ccccc2)(c2ccccc2)c2ccccc2)OCCO1. The number of ether oxygens (including phenoxy) is 2. The predicted octanol–water partition coefficient (Wildman–Crippen LogP) is 4.26. The quantitative estimate of drug-likeness (QED) is 0.560. The van der Waals surface area contributed by atoms with Gasteiger partial charge in [0.05, 0.1) is 0 Å². The van der Waals surface area contributed by atoms with Crippen molar-refractivity contribution in [3.8, 4) is 0 Å². The molecule has 0 bridgehead atoms. The molecule has 4 rings (SSSR count). The van der Waals surface area contributed by atoms with Crippen molar-refractivity contribution < 1.29 is 9.47 Å². The molecule has 0 radical (unpaired) electrons. The van der Waals surface area contributed by atoms with Gasteiger partial charge in [0.1, 0.15) is 0 Å². The van der Waals surface area contributed by atoms with Crippen LogP contribution in [0.15, 0.2) is 91.0 Å². The Balaban J connectivity index is 1.76. The molecule has 2 nitrogen and oxygen atoms in total. The van der Waals surface area contributed by atoms with Crippen LogP contribution < -0.4 is 15.9 Å². The Kier molecular flexibility index (Phi) is 5.92. The Hall–Kier alpha value is -1.99. The molecule has 3 aromatic rings. The van der Waals surface area contributed by atoms with Crippen molar-refractivity contribution in [3.63, 3.8) is 0 Å². The number of benzene rings is 3. The number of hydrogen-bond donors (Lipinski definition) is 0. The van der Waals surface area contributed by atoms with Gasteiger partial charge in [-0.25, -0.2) is 0 Å². The summed E-state index contributed by atoms with van der Waals surface area (Å²) in [5, 5.41) is 4.39. The number of rotatable bonds is 7. The van der Waals surface area contributed by atoms with Gasteiger partial charge >= 0.3 is 169 Å². The third-order valence-corrected chi connectivity index (χ3v) is 10.9. The molecular formula is C25H29O2P. The molecule has 0 amide bonds. The first kappa shape index (κ1) is 19.3. The minimum atomic E-state index is -2.14. The van der Waals surface area contributed by atoms with Gasteiger partial charge in [-0.2, -0.15) is 0 Å². The van der Waals surface area contributed by atoms with Crippen molar-refractivity contribution in [2.75, 3.05) is 19.4 Å². The maximum absolute atomic E-state index is 5.87. The van der Waals surface area contributed by atoms with Crippen molar-refractivity contribution in [1.29, 1.82) is 0 Å². The van der Waals surface area contributed by atoms with Crippen LogP contribution in [0.5, 0.6) is 0 Å². The Morgan fingerprint density at radius 2 is 1.07 bits per heavy atom. The molecular weight excluding hydrogens is 363 g/mol. The molecule has 0 saturated carbocycles. The second-order valence-electron chi connectivity index (χ2n) is 7.69. The molecule has 0 atom stereocenters. The Bertz CT molecular complexity index is 762. The van der Waals surface area contributed by atoms with Gasteiger partial charge in [0.2, 0.25) is 0 Å². The van der Waals surface area contributed by atoms with Gasteiger partial charge in [-0.15, -0.1) is 0 Å². The molecule has 1 aliphatic rings. The summed E-state index contributed by atoms with van der Waals surface area (Å²) < 4.78 is 11.7. The summed E-state index contributed by atoms with van der Waals surface area (Å²) in [6, 6.07) is 33.3. The van der Waals surface area contributed by atoms with Crippen LogP contribution in [0, 0.1) is 0 Å². The summed E-state index contributed by atoms with van der Waals surface area (Å²) in [4.78, 5) is 0. The normalized spacial score (nSPS) is 16.8. The fourth-order valence-electron chi connectivity index (χ4n) is 4.48. The molecule has 146 valence electrons. The molecule has 0 aliphatic carbocycles. The van der Waals surface area contributed by atoms with Gasteiger partial charge in [0.25, 0.3) is 0 Å². The second kappa shape index (κ2) is 8.57. The summed E-state index contributed by atoms with van der Waals surface area (Å²) in [5.41, 5.74) is 0. The zero-order valence-electron chi connectivity index (χ0n) is 16.5. The topological polar surface area (TPSA) is 18.5 Å². The zero-order valence-corrected chi connectivity index (χ0v) is 17.5. The standard InChI is InChI=1S/C25H29O2P/c1-25(26-19-20-27-25)18-11-21-28(22-12-5-2-6-13-22,23-14-7-3-8-15-23)24-16-9-4-10-17-24/h2-10,12-17,28H,11,18-21H2,1H3. The fraction of sp³-hybridized carbons (Fsp3) is 0.280. The van der Waals surface area contributed by atoms with Crippen molar-refractivity contribution >= 4 is 23.2 Å². The minimum absolute atomic E-state index is 0.426. The first-order valence-corrected chi connectivity index (χ1v) is 12.4. The Labute approximate surface area is 168 Å². The van der Waals surface area contributed by atoms with E-state index in [1.807, 2.05) is 0 Å². The third-order valence-electron chi connectivity index (χ3n) is 5.88. The van der Waals surface area contributed by atoms with Gasteiger partial charge < -0.3 is 0 Å². The van der Waals surface area contributed by atoms with Crippen LogP contribution in [0.25, 0.3) is 0 Å². The Morgan fingerprint density at radius 3 is 1.46 bits per heavy atom. The second-order valence-corrected chi connectivity index (χ2v) is 11.7. The van der Waals surface area contributed by atoms with E-state index in [4.69, 9.17) is 9.47 Å². The molecule has 1 heterocycles. The average molecular weight is 392 g/mol. The van der Waals surface area contributed by atoms with Gasteiger partial charge in [-0.05, 0) is 0 Å². The predicted molar refractivity (Wildman–Crippen MR) is 121 cm³/mol. The van der Waals surface area contributed by atoms with E-state index in [9.17, 15) is 0 Å². The number of hydrogen-bond acceptors (Lipinski definition) is 2. The van der Waals surface area contributed by atoms with E-state index in [1.165, 1.54) is 15.9 Å². The van der Waals surface area contributed by atoms with E-state index in [0.29, 0.717) is 13.2 Å². The van der Waals surface area contributed by atoms with Crippen LogP contribution in [0.1, 0.15) is 19.8 Å². The molecule has 28 heavy (non-hydrogen) atoms. The third kappa shape index (κ3) is 3.91. The fourth-order valence-corrected chi connectivity index (χ4v) is 9.33. The monoisotopic (exact) mass is 392 g/mol. The summed E-state index contributed by atoms with van der Waals surface area (Å²) in [7, 11) is -2.14. The van der Waals surface area contributed by atoms with Crippen LogP contribution in [0.4, 0.5) is 0 Å². The molecule has 0 aromatic heterocycles. The van der Waals surface area contributed by atoms with E-state index < -0.39 is 13.0 Å². The summed E-state index contributed by atoms with van der Waals surface area (Å²) in [5.74, 6) is -0.426. The summed E-state index contributed by atoms with van der Waals surface area (Å²) in [6.45, 7) is 3.49.